The fourth-order valence-corrected chi connectivity index (χ4v) is 5.14. The van der Waals surface area contributed by atoms with Gasteiger partial charge < -0.3 is 34.6 Å². The van der Waals surface area contributed by atoms with Crippen molar-refractivity contribution in [1.29, 1.82) is 0 Å². The molecule has 38 heavy (non-hydrogen) atoms. The molecular formula is C28H34N2O8. The maximum absolute atomic E-state index is 12.7. The minimum absolute atomic E-state index is 0.00660. The molecular weight excluding hydrogens is 492 g/mol. The van der Waals surface area contributed by atoms with Crippen LogP contribution >= 0.6 is 0 Å². The topological polar surface area (TPSA) is 135 Å². The third kappa shape index (κ3) is 6.43. The minimum atomic E-state index is -1.41. The number of carboxylic acids is 1. The number of esters is 1. The minimum Gasteiger partial charge on any atom is -0.479 e. The van der Waals surface area contributed by atoms with Gasteiger partial charge in [0.05, 0.1) is 12.5 Å². The van der Waals surface area contributed by atoms with Crippen LogP contribution in [0.15, 0.2) is 48.5 Å². The molecule has 3 aliphatic heterocycles. The number of fused-ring (bicyclic) bond motifs is 1. The summed E-state index contributed by atoms with van der Waals surface area (Å²) in [5.41, 5.74) is 1.45. The summed E-state index contributed by atoms with van der Waals surface area (Å²) in [7, 11) is 0. The third-order valence-corrected chi connectivity index (χ3v) is 7.08. The maximum atomic E-state index is 12.7. The van der Waals surface area contributed by atoms with Crippen LogP contribution in [0.3, 0.4) is 0 Å². The molecule has 10 heteroatoms. The van der Waals surface area contributed by atoms with E-state index in [9.17, 15) is 14.4 Å². The van der Waals surface area contributed by atoms with Crippen LogP contribution in [0, 0.1) is 5.92 Å². The Bertz CT molecular complexity index is 1130. The highest BCUT2D eigenvalue weighted by Gasteiger charge is 2.43. The van der Waals surface area contributed by atoms with Crippen LogP contribution in [0.4, 0.5) is 0 Å². The highest BCUT2D eigenvalue weighted by atomic mass is 16.7. The fourth-order valence-electron chi connectivity index (χ4n) is 5.14. The first kappa shape index (κ1) is 27.4. The molecule has 2 saturated heterocycles. The Hall–Kier alpha value is -3.63. The maximum Gasteiger partial charge on any atom is 0.337 e. The molecule has 0 aromatic heterocycles. The van der Waals surface area contributed by atoms with Gasteiger partial charge in [-0.1, -0.05) is 36.4 Å². The van der Waals surface area contributed by atoms with Crippen molar-refractivity contribution in [2.24, 2.45) is 5.92 Å². The average Bonchev–Trinajstić information content (AvgIpc) is 3.67. The largest absolute Gasteiger partial charge is 0.479 e. The van der Waals surface area contributed by atoms with E-state index in [4.69, 9.17) is 24.4 Å². The van der Waals surface area contributed by atoms with Crippen molar-refractivity contribution in [3.63, 3.8) is 0 Å². The fraction of sp³-hybridized carbons (Fsp3) is 0.464. The Labute approximate surface area is 221 Å². The number of aliphatic hydroxyl groups excluding tert-OH is 1. The van der Waals surface area contributed by atoms with E-state index < -0.39 is 12.1 Å². The van der Waals surface area contributed by atoms with Crippen LogP contribution in [-0.2, 0) is 19.1 Å². The van der Waals surface area contributed by atoms with Crippen molar-refractivity contribution in [2.45, 2.75) is 44.2 Å². The van der Waals surface area contributed by atoms with Gasteiger partial charge in [-0.2, -0.15) is 0 Å². The van der Waals surface area contributed by atoms with Crippen molar-refractivity contribution in [1.82, 2.24) is 10.2 Å². The van der Waals surface area contributed by atoms with Crippen LogP contribution in [0.25, 0.3) is 0 Å². The summed E-state index contributed by atoms with van der Waals surface area (Å²) in [6.45, 7) is 4.62. The molecule has 0 aliphatic carbocycles. The lowest BCUT2D eigenvalue weighted by atomic mass is 9.84. The molecule has 0 unspecified atom stereocenters. The zero-order valence-electron chi connectivity index (χ0n) is 21.4. The van der Waals surface area contributed by atoms with Gasteiger partial charge in [-0.15, -0.1) is 0 Å². The number of nitrogens with one attached hydrogen (secondary N) is 1. The summed E-state index contributed by atoms with van der Waals surface area (Å²) < 4.78 is 16.3. The first-order valence-electron chi connectivity index (χ1n) is 12.9. The summed E-state index contributed by atoms with van der Waals surface area (Å²) in [6.07, 6.45) is 0.907. The Balaban J connectivity index is 0.000000257. The summed E-state index contributed by atoms with van der Waals surface area (Å²) in [5, 5.41) is 20.9. The number of carbonyl (C=O) groups is 3. The molecule has 3 N–H and O–H groups in total. The van der Waals surface area contributed by atoms with Crippen LogP contribution in [-0.4, -0.2) is 72.0 Å². The molecule has 1 amide bonds. The van der Waals surface area contributed by atoms with Gasteiger partial charge in [-0.3, -0.25) is 9.59 Å². The smallest absolute Gasteiger partial charge is 0.337 e. The molecule has 204 valence electrons. The molecule has 2 aromatic carbocycles. The Morgan fingerprint density at radius 3 is 2.61 bits per heavy atom. The summed E-state index contributed by atoms with van der Waals surface area (Å²) in [6, 6.07) is 14.1. The van der Waals surface area contributed by atoms with Crippen LogP contribution < -0.4 is 14.8 Å². The van der Waals surface area contributed by atoms with E-state index in [0.717, 1.165) is 36.4 Å². The first-order valence-corrected chi connectivity index (χ1v) is 12.9. The first-order chi connectivity index (χ1) is 18.4. The van der Waals surface area contributed by atoms with Gasteiger partial charge in [-0.25, -0.2) is 4.79 Å². The number of amides is 1. The van der Waals surface area contributed by atoms with E-state index >= 15 is 0 Å². The van der Waals surface area contributed by atoms with E-state index in [1.807, 2.05) is 30.0 Å². The molecule has 3 aliphatic rings. The highest BCUT2D eigenvalue weighted by molar-refractivity contribution is 5.78. The van der Waals surface area contributed by atoms with Crippen LogP contribution in [0.2, 0.25) is 0 Å². The molecule has 5 rings (SSSR count). The molecule has 0 saturated carbocycles. The lowest BCUT2D eigenvalue weighted by Crippen LogP contribution is -2.37. The van der Waals surface area contributed by atoms with E-state index in [1.165, 1.54) is 0 Å². The quantitative estimate of drug-likeness (QED) is 0.444. The molecule has 0 bridgehead atoms. The number of hydrogen-bond acceptors (Lipinski definition) is 8. The molecule has 4 atom stereocenters. The van der Waals surface area contributed by atoms with Gasteiger partial charge in [0.2, 0.25) is 12.7 Å². The lowest BCUT2D eigenvalue weighted by Gasteiger charge is -2.24. The summed E-state index contributed by atoms with van der Waals surface area (Å²) >= 11 is 0. The summed E-state index contributed by atoms with van der Waals surface area (Å²) in [4.78, 5) is 36.8. The molecule has 0 spiro atoms. The molecule has 0 radical (unpaired) electrons. The number of benzene rings is 2. The zero-order chi connectivity index (χ0) is 27.1. The van der Waals surface area contributed by atoms with Gasteiger partial charge in [0.1, 0.15) is 0 Å². The third-order valence-electron chi connectivity index (χ3n) is 7.08. The predicted molar refractivity (Wildman–Crippen MR) is 137 cm³/mol. The summed E-state index contributed by atoms with van der Waals surface area (Å²) in [5.74, 6) is 0.00989. The number of ether oxygens (including phenoxy) is 3. The number of carbonyl (C=O) groups excluding carboxylic acids is 2. The monoisotopic (exact) mass is 526 g/mol. The number of hydrogen-bond donors (Lipinski definition) is 3. The number of nitrogens with zero attached hydrogens (tertiary/aromatic N) is 1. The zero-order valence-corrected chi connectivity index (χ0v) is 21.4. The molecule has 2 aromatic rings. The van der Waals surface area contributed by atoms with Crippen molar-refractivity contribution < 1.29 is 38.8 Å². The second-order valence-corrected chi connectivity index (χ2v) is 9.44. The highest BCUT2D eigenvalue weighted by Crippen LogP contribution is 2.40. The van der Waals surface area contributed by atoms with Crippen molar-refractivity contribution in [3.8, 4) is 11.5 Å². The Morgan fingerprint density at radius 1 is 1.16 bits per heavy atom. The van der Waals surface area contributed by atoms with Crippen LogP contribution in [0.5, 0.6) is 11.5 Å². The van der Waals surface area contributed by atoms with E-state index in [2.05, 4.69) is 5.32 Å². The van der Waals surface area contributed by atoms with Crippen molar-refractivity contribution >= 4 is 17.8 Å². The Morgan fingerprint density at radius 2 is 1.92 bits per heavy atom. The van der Waals surface area contributed by atoms with E-state index in [0.29, 0.717) is 31.7 Å². The number of aliphatic hydroxyl groups is 1. The predicted octanol–water partition coefficient (Wildman–Crippen LogP) is 2.47. The molecule has 2 fully saturated rings. The van der Waals surface area contributed by atoms with Gasteiger partial charge >= 0.3 is 11.9 Å². The average molecular weight is 527 g/mol. The standard InChI is InChI=1S/C20H26N2O5.C8H8O3/c1-2-25-20(24)19-14(13-5-6-16-17(10-13)27-12-26-16)11-21-15(19)7-9-22-8-3-4-18(22)23;9-7(8(10)11)6-4-2-1-3-5-6/h5-6,10,14-15,19,21H,2-4,7-9,11-12H2,1H3;1-5,7,9H,(H,10,11)/t14-,15+,19-;7-/m10/s1. The normalized spacial score (nSPS) is 22.5. The second-order valence-electron chi connectivity index (χ2n) is 9.44. The van der Waals surface area contributed by atoms with Crippen molar-refractivity contribution in [2.75, 3.05) is 33.0 Å². The Kier molecular flexibility index (Phi) is 9.19. The van der Waals surface area contributed by atoms with Crippen molar-refractivity contribution in [3.05, 3.63) is 59.7 Å². The van der Waals surface area contributed by atoms with Gasteiger partial charge in [-0.05, 0) is 43.0 Å². The SMILES string of the molecule is CCOC(=O)[C@H]1[C@H](CCN2CCCC2=O)NC[C@@H]1c1ccc2c(c1)OCO2.O=C(O)[C@@H](O)c1ccccc1. The van der Waals surface area contributed by atoms with Gasteiger partial charge in [0, 0.05) is 38.0 Å². The van der Waals surface area contributed by atoms with E-state index in [1.54, 1.807) is 30.3 Å². The van der Waals surface area contributed by atoms with E-state index in [-0.39, 0.29) is 36.5 Å². The van der Waals surface area contributed by atoms with Gasteiger partial charge in [0.15, 0.2) is 17.6 Å². The second kappa shape index (κ2) is 12.7. The lowest BCUT2D eigenvalue weighted by molar-refractivity contribution is -0.149. The number of likely N-dealkylation sites (tertiary alicyclic amines) is 1. The van der Waals surface area contributed by atoms with Crippen LogP contribution in [0.1, 0.15) is 49.3 Å². The number of carboxylic acid groups (broad SMARTS) is 1. The molecule has 3 heterocycles. The van der Waals surface area contributed by atoms with Gasteiger partial charge in [0.25, 0.3) is 0 Å². The number of rotatable bonds is 8. The molecule has 10 nitrogen and oxygen atoms in total. The number of aliphatic carboxylic acids is 1.